The zero-order chi connectivity index (χ0) is 15.2. The number of halogens is 1. The molecule has 1 unspecified atom stereocenters. The molecule has 1 aromatic rings. The Morgan fingerprint density at radius 2 is 2.15 bits per heavy atom. The molecule has 0 aliphatic rings. The van der Waals surface area contributed by atoms with E-state index in [1.165, 1.54) is 18.2 Å². The second-order valence-corrected chi connectivity index (χ2v) is 4.41. The van der Waals surface area contributed by atoms with E-state index in [1.807, 2.05) is 0 Å². The number of carboxylic acid groups (broad SMARTS) is 1. The average Bonchev–Trinajstić information content (AvgIpc) is 2.36. The summed E-state index contributed by atoms with van der Waals surface area (Å²) >= 11 is 0. The van der Waals surface area contributed by atoms with Crippen molar-refractivity contribution in [2.75, 3.05) is 13.2 Å². The van der Waals surface area contributed by atoms with Crippen molar-refractivity contribution in [1.82, 2.24) is 5.32 Å². The number of carbonyl (C=O) groups is 2. The maximum absolute atomic E-state index is 12.8. The van der Waals surface area contributed by atoms with Gasteiger partial charge in [-0.15, -0.1) is 0 Å². The van der Waals surface area contributed by atoms with Crippen molar-refractivity contribution in [2.24, 2.45) is 0 Å². The van der Waals surface area contributed by atoms with Crippen LogP contribution in [0.1, 0.15) is 13.3 Å². The molecule has 0 aromatic heterocycles. The molecular formula is C13H16FNO5. The summed E-state index contributed by atoms with van der Waals surface area (Å²) in [5.74, 6) is -2.03. The number of hydrogen-bond donors (Lipinski definition) is 3. The van der Waals surface area contributed by atoms with E-state index in [2.05, 4.69) is 5.32 Å². The van der Waals surface area contributed by atoms with Gasteiger partial charge < -0.3 is 20.3 Å². The van der Waals surface area contributed by atoms with Crippen molar-refractivity contribution in [2.45, 2.75) is 18.9 Å². The van der Waals surface area contributed by atoms with Crippen LogP contribution in [0.25, 0.3) is 0 Å². The lowest BCUT2D eigenvalue weighted by molar-refractivity contribution is -0.156. The molecule has 6 nitrogen and oxygen atoms in total. The fraction of sp³-hybridized carbons (Fsp3) is 0.385. The van der Waals surface area contributed by atoms with E-state index < -0.39 is 29.8 Å². The minimum atomic E-state index is -2.01. The van der Waals surface area contributed by atoms with Crippen molar-refractivity contribution >= 4 is 11.9 Å². The number of ether oxygens (including phenoxy) is 1. The molecule has 0 saturated carbocycles. The summed E-state index contributed by atoms with van der Waals surface area (Å²) in [5.41, 5.74) is -2.01. The molecule has 0 radical (unpaired) electrons. The van der Waals surface area contributed by atoms with Crippen LogP contribution in [-0.4, -0.2) is 40.8 Å². The second kappa shape index (κ2) is 6.85. The predicted molar refractivity (Wildman–Crippen MR) is 67.8 cm³/mol. The van der Waals surface area contributed by atoms with Gasteiger partial charge >= 0.3 is 5.97 Å². The molecular weight excluding hydrogens is 269 g/mol. The third-order valence-electron chi connectivity index (χ3n) is 2.48. The Bertz CT molecular complexity index is 489. The van der Waals surface area contributed by atoms with Gasteiger partial charge in [0.1, 0.15) is 11.6 Å². The number of hydrogen-bond acceptors (Lipinski definition) is 4. The van der Waals surface area contributed by atoms with E-state index in [-0.39, 0.29) is 13.0 Å². The average molecular weight is 285 g/mol. The highest BCUT2D eigenvalue weighted by Crippen LogP contribution is 2.11. The number of amides is 1. The molecule has 0 bridgehead atoms. The topological polar surface area (TPSA) is 95.9 Å². The van der Waals surface area contributed by atoms with Crippen LogP contribution in [0.2, 0.25) is 0 Å². The molecule has 3 N–H and O–H groups in total. The Kier molecular flexibility index (Phi) is 5.45. The lowest BCUT2D eigenvalue weighted by Gasteiger charge is -2.18. The molecule has 0 fully saturated rings. The maximum Gasteiger partial charge on any atom is 0.337 e. The van der Waals surface area contributed by atoms with Gasteiger partial charge in [-0.05, 0) is 19.1 Å². The van der Waals surface area contributed by atoms with Gasteiger partial charge in [0.15, 0.2) is 5.60 Å². The number of aliphatic hydroxyl groups is 1. The zero-order valence-electron chi connectivity index (χ0n) is 10.9. The van der Waals surface area contributed by atoms with Crippen LogP contribution in [0.3, 0.4) is 0 Å². The van der Waals surface area contributed by atoms with E-state index in [1.54, 1.807) is 6.07 Å². The lowest BCUT2D eigenvalue weighted by atomic mass is 10.1. The van der Waals surface area contributed by atoms with Crippen LogP contribution in [0, 0.1) is 5.82 Å². The smallest absolute Gasteiger partial charge is 0.337 e. The number of nitrogens with one attached hydrogen (secondary N) is 1. The molecule has 1 atom stereocenters. The first-order valence-electron chi connectivity index (χ1n) is 5.92. The molecule has 0 spiro atoms. The molecule has 20 heavy (non-hydrogen) atoms. The molecule has 1 rings (SSSR count). The highest BCUT2D eigenvalue weighted by atomic mass is 19.1. The Morgan fingerprint density at radius 3 is 2.75 bits per heavy atom. The standard InChI is InChI=1S/C13H16FNO5/c1-13(19,12(17)18)8-15-11(16)5-6-20-10-4-2-3-9(14)7-10/h2-4,7,19H,5-6,8H2,1H3,(H,15,16)(H,17,18). The lowest BCUT2D eigenvalue weighted by Crippen LogP contribution is -2.46. The van der Waals surface area contributed by atoms with Gasteiger partial charge in [0.2, 0.25) is 5.91 Å². The van der Waals surface area contributed by atoms with Crippen LogP contribution in [-0.2, 0) is 9.59 Å². The van der Waals surface area contributed by atoms with Crippen LogP contribution in [0.5, 0.6) is 5.75 Å². The van der Waals surface area contributed by atoms with Gasteiger partial charge in [-0.1, -0.05) is 6.07 Å². The minimum Gasteiger partial charge on any atom is -0.493 e. The van der Waals surface area contributed by atoms with Gasteiger partial charge in [0.05, 0.1) is 19.6 Å². The summed E-state index contributed by atoms with van der Waals surface area (Å²) in [4.78, 5) is 22.0. The quantitative estimate of drug-likeness (QED) is 0.680. The van der Waals surface area contributed by atoms with Gasteiger partial charge in [0, 0.05) is 6.07 Å². The summed E-state index contributed by atoms with van der Waals surface area (Å²) in [7, 11) is 0. The molecule has 0 aliphatic carbocycles. The molecule has 1 aromatic carbocycles. The number of carboxylic acids is 1. The fourth-order valence-electron chi connectivity index (χ4n) is 1.25. The monoisotopic (exact) mass is 285 g/mol. The molecule has 0 aliphatic heterocycles. The Hall–Kier alpha value is -2.15. The SMILES string of the molecule is CC(O)(CNC(=O)CCOc1cccc(F)c1)C(=O)O. The van der Waals surface area contributed by atoms with Crippen LogP contribution < -0.4 is 10.1 Å². The zero-order valence-corrected chi connectivity index (χ0v) is 10.9. The number of carbonyl (C=O) groups excluding carboxylic acids is 1. The highest BCUT2D eigenvalue weighted by molar-refractivity contribution is 5.80. The van der Waals surface area contributed by atoms with E-state index in [0.29, 0.717) is 5.75 Å². The third kappa shape index (κ3) is 5.23. The van der Waals surface area contributed by atoms with E-state index >= 15 is 0 Å². The second-order valence-electron chi connectivity index (χ2n) is 4.41. The van der Waals surface area contributed by atoms with Crippen molar-refractivity contribution in [1.29, 1.82) is 0 Å². The van der Waals surface area contributed by atoms with Gasteiger partial charge in [-0.25, -0.2) is 9.18 Å². The third-order valence-corrected chi connectivity index (χ3v) is 2.48. The summed E-state index contributed by atoms with van der Waals surface area (Å²) in [6.45, 7) is 0.699. The Labute approximate surface area is 115 Å². The largest absolute Gasteiger partial charge is 0.493 e. The van der Waals surface area contributed by atoms with Gasteiger partial charge in [-0.2, -0.15) is 0 Å². The van der Waals surface area contributed by atoms with Gasteiger partial charge in [0.25, 0.3) is 0 Å². The molecule has 110 valence electrons. The summed E-state index contributed by atoms with van der Waals surface area (Å²) in [6.07, 6.45) is -0.0355. The van der Waals surface area contributed by atoms with E-state index in [9.17, 15) is 19.1 Å². The predicted octanol–water partition coefficient (Wildman–Crippen LogP) is 0.546. The van der Waals surface area contributed by atoms with Crippen LogP contribution in [0.4, 0.5) is 4.39 Å². The fourth-order valence-corrected chi connectivity index (χ4v) is 1.25. The van der Waals surface area contributed by atoms with Crippen LogP contribution >= 0.6 is 0 Å². The molecule has 7 heteroatoms. The van der Waals surface area contributed by atoms with Crippen LogP contribution in [0.15, 0.2) is 24.3 Å². The molecule has 1 amide bonds. The number of benzene rings is 1. The maximum atomic E-state index is 12.8. The van der Waals surface area contributed by atoms with Crippen molar-refractivity contribution in [3.05, 3.63) is 30.1 Å². The summed E-state index contributed by atoms with van der Waals surface area (Å²) < 4.78 is 18.0. The van der Waals surface area contributed by atoms with Crippen molar-refractivity contribution in [3.8, 4) is 5.75 Å². The van der Waals surface area contributed by atoms with E-state index in [4.69, 9.17) is 9.84 Å². The van der Waals surface area contributed by atoms with Crippen molar-refractivity contribution < 1.29 is 28.9 Å². The molecule has 0 heterocycles. The summed E-state index contributed by atoms with van der Waals surface area (Å²) in [5, 5.41) is 20.3. The van der Waals surface area contributed by atoms with Gasteiger partial charge in [-0.3, -0.25) is 4.79 Å². The highest BCUT2D eigenvalue weighted by Gasteiger charge is 2.30. The Balaban J connectivity index is 2.29. The van der Waals surface area contributed by atoms with E-state index in [0.717, 1.165) is 6.92 Å². The first kappa shape index (κ1) is 15.9. The number of rotatable bonds is 7. The van der Waals surface area contributed by atoms with Crippen molar-refractivity contribution in [3.63, 3.8) is 0 Å². The molecule has 0 saturated heterocycles. The number of aliphatic carboxylic acids is 1. The summed E-state index contributed by atoms with van der Waals surface area (Å²) in [6, 6.07) is 5.49. The first-order chi connectivity index (χ1) is 9.31. The Morgan fingerprint density at radius 1 is 1.45 bits per heavy atom. The normalized spacial score (nSPS) is 13.3. The minimum absolute atomic E-state index is 0.0184. The first-order valence-corrected chi connectivity index (χ1v) is 5.92.